The number of rotatable bonds is 42. The van der Waals surface area contributed by atoms with Gasteiger partial charge in [-0.25, -0.2) is 9.59 Å². The number of carbonyl (C=O) groups is 2. The van der Waals surface area contributed by atoms with E-state index in [1.807, 2.05) is 0 Å². The maximum absolute atomic E-state index is 11.9. The third kappa shape index (κ3) is 42.8. The quantitative estimate of drug-likeness (QED) is 0.0360. The van der Waals surface area contributed by atoms with Gasteiger partial charge in [0, 0.05) is 12.2 Å². The highest BCUT2D eigenvalue weighted by molar-refractivity contribution is 5.91. The van der Waals surface area contributed by atoms with Crippen molar-refractivity contribution >= 4 is 11.9 Å². The molecular weight excluding hydrogens is 617 g/mol. The summed E-state index contributed by atoms with van der Waals surface area (Å²) in [4.78, 5) is 23.8. The lowest BCUT2D eigenvalue weighted by Crippen LogP contribution is -2.06. The minimum Gasteiger partial charge on any atom is -0.463 e. The van der Waals surface area contributed by atoms with Gasteiger partial charge in [0.05, 0.1) is 13.2 Å². The number of carbonyl (C=O) groups excluding carboxylic acids is 2. The lowest BCUT2D eigenvalue weighted by Gasteiger charge is -2.05. The molecule has 0 aromatic rings. The molecule has 0 atom stereocenters. The van der Waals surface area contributed by atoms with Gasteiger partial charge in [0.2, 0.25) is 0 Å². The van der Waals surface area contributed by atoms with Crippen molar-refractivity contribution in [2.75, 3.05) is 13.2 Å². The van der Waals surface area contributed by atoms with Crippen LogP contribution in [0.1, 0.15) is 258 Å². The van der Waals surface area contributed by atoms with Crippen LogP contribution in [0.15, 0.2) is 12.2 Å². The molecule has 0 bridgehead atoms. The fourth-order valence-electron chi connectivity index (χ4n) is 6.94. The van der Waals surface area contributed by atoms with E-state index in [1.165, 1.54) is 230 Å². The summed E-state index contributed by atoms with van der Waals surface area (Å²) in [6.07, 6.45) is 53.6. The number of ether oxygens (including phenoxy) is 2. The van der Waals surface area contributed by atoms with Crippen molar-refractivity contribution in [2.24, 2.45) is 0 Å². The minimum absolute atomic E-state index is 0.427. The highest BCUT2D eigenvalue weighted by Crippen LogP contribution is 2.16. The summed E-state index contributed by atoms with van der Waals surface area (Å²) in [5.41, 5.74) is 0. The van der Waals surface area contributed by atoms with E-state index in [9.17, 15) is 9.59 Å². The van der Waals surface area contributed by atoms with Crippen LogP contribution in [0.25, 0.3) is 0 Å². The molecule has 0 aromatic heterocycles. The zero-order chi connectivity index (χ0) is 36.3. The Morgan fingerprint density at radius 2 is 0.440 bits per heavy atom. The van der Waals surface area contributed by atoms with Gasteiger partial charge < -0.3 is 9.47 Å². The highest BCUT2D eigenvalue weighted by atomic mass is 16.5. The molecule has 0 N–H and O–H groups in total. The Morgan fingerprint density at radius 3 is 0.620 bits per heavy atom. The number of hydrogen-bond acceptors (Lipinski definition) is 4. The minimum atomic E-state index is -0.451. The van der Waals surface area contributed by atoms with E-state index in [1.54, 1.807) is 0 Å². The molecule has 0 rings (SSSR count). The van der Waals surface area contributed by atoms with Gasteiger partial charge in [-0.3, -0.25) is 0 Å². The van der Waals surface area contributed by atoms with Gasteiger partial charge in [-0.05, 0) is 12.8 Å². The van der Waals surface area contributed by atoms with Crippen molar-refractivity contribution in [1.29, 1.82) is 0 Å². The van der Waals surface area contributed by atoms with Crippen LogP contribution in [0.3, 0.4) is 0 Å². The molecule has 50 heavy (non-hydrogen) atoms. The topological polar surface area (TPSA) is 52.6 Å². The average molecular weight is 705 g/mol. The Hall–Kier alpha value is -1.32. The maximum Gasteiger partial charge on any atom is 0.331 e. The number of hydrogen-bond donors (Lipinski definition) is 0. The Kier molecular flexibility index (Phi) is 42.7. The molecule has 0 aliphatic carbocycles. The zero-order valence-electron chi connectivity index (χ0n) is 34.1. The van der Waals surface area contributed by atoms with Crippen LogP contribution in [0.4, 0.5) is 0 Å². The van der Waals surface area contributed by atoms with Crippen LogP contribution < -0.4 is 0 Å². The smallest absolute Gasteiger partial charge is 0.331 e. The first kappa shape index (κ1) is 48.7. The first-order chi connectivity index (χ1) is 24.7. The van der Waals surface area contributed by atoms with Crippen LogP contribution in [-0.2, 0) is 19.1 Å². The standard InChI is InChI=1S/C46H88O4/c1-3-5-7-9-11-13-15-17-19-21-23-25-27-29-31-33-35-37-39-43-49-45(47)41-42-46(48)50-44-40-38-36-34-32-30-28-26-24-22-20-18-16-14-12-10-8-6-4-2/h41-42H,3-40,43-44H2,1-2H3/b42-41-. The third-order valence-electron chi connectivity index (χ3n) is 10.3. The van der Waals surface area contributed by atoms with E-state index in [-0.39, 0.29) is 0 Å². The molecule has 0 radical (unpaired) electrons. The molecule has 4 nitrogen and oxygen atoms in total. The zero-order valence-corrected chi connectivity index (χ0v) is 34.1. The third-order valence-corrected chi connectivity index (χ3v) is 10.3. The first-order valence-electron chi connectivity index (χ1n) is 22.7. The van der Waals surface area contributed by atoms with E-state index in [4.69, 9.17) is 9.47 Å². The Labute approximate surface area is 313 Å². The maximum atomic E-state index is 11.9. The van der Waals surface area contributed by atoms with Crippen LogP contribution in [0.5, 0.6) is 0 Å². The first-order valence-corrected chi connectivity index (χ1v) is 22.7. The normalized spacial score (nSPS) is 11.5. The molecule has 0 aliphatic heterocycles. The Bertz CT molecular complexity index is 644. The molecule has 0 unspecified atom stereocenters. The van der Waals surface area contributed by atoms with Gasteiger partial charge in [-0.2, -0.15) is 0 Å². The van der Waals surface area contributed by atoms with Crippen molar-refractivity contribution in [3.05, 3.63) is 12.2 Å². The monoisotopic (exact) mass is 705 g/mol. The Morgan fingerprint density at radius 1 is 0.280 bits per heavy atom. The van der Waals surface area contributed by atoms with Gasteiger partial charge in [-0.1, -0.05) is 245 Å². The molecule has 0 aliphatic rings. The van der Waals surface area contributed by atoms with Gasteiger partial charge >= 0.3 is 11.9 Å². The predicted molar refractivity (Wildman–Crippen MR) is 218 cm³/mol. The molecule has 4 heteroatoms. The van der Waals surface area contributed by atoms with Crippen LogP contribution in [-0.4, -0.2) is 25.2 Å². The van der Waals surface area contributed by atoms with Gasteiger partial charge in [0.15, 0.2) is 0 Å². The lowest BCUT2D eigenvalue weighted by atomic mass is 10.0. The van der Waals surface area contributed by atoms with Crippen LogP contribution in [0, 0.1) is 0 Å². The fraction of sp³-hybridized carbons (Fsp3) is 0.913. The summed E-state index contributed by atoms with van der Waals surface area (Å²) in [5, 5.41) is 0. The molecule has 0 aromatic carbocycles. The van der Waals surface area contributed by atoms with Crippen molar-refractivity contribution in [3.8, 4) is 0 Å². The highest BCUT2D eigenvalue weighted by Gasteiger charge is 2.02. The molecule has 0 fully saturated rings. The van der Waals surface area contributed by atoms with Crippen LogP contribution in [0.2, 0.25) is 0 Å². The van der Waals surface area contributed by atoms with Gasteiger partial charge in [0.1, 0.15) is 0 Å². The summed E-state index contributed by atoms with van der Waals surface area (Å²) < 4.78 is 10.5. The molecule has 0 amide bonds. The van der Waals surface area contributed by atoms with Crippen molar-refractivity contribution in [3.63, 3.8) is 0 Å². The van der Waals surface area contributed by atoms with Gasteiger partial charge in [0.25, 0.3) is 0 Å². The van der Waals surface area contributed by atoms with E-state index in [0.717, 1.165) is 25.7 Å². The summed E-state index contributed by atoms with van der Waals surface area (Å²) in [6.45, 7) is 5.43. The lowest BCUT2D eigenvalue weighted by molar-refractivity contribution is -0.140. The fourth-order valence-corrected chi connectivity index (χ4v) is 6.94. The predicted octanol–water partition coefficient (Wildman–Crippen LogP) is 15.5. The summed E-state index contributed by atoms with van der Waals surface area (Å²) in [6, 6.07) is 0. The molecule has 0 heterocycles. The second kappa shape index (κ2) is 43.8. The van der Waals surface area contributed by atoms with E-state index in [0.29, 0.717) is 13.2 Å². The average Bonchev–Trinajstić information content (AvgIpc) is 3.12. The van der Waals surface area contributed by atoms with Gasteiger partial charge in [-0.15, -0.1) is 0 Å². The summed E-state index contributed by atoms with van der Waals surface area (Å²) in [5.74, 6) is -0.902. The SMILES string of the molecule is CCCCCCCCCCCCCCCCCCCCCOC(=O)/C=C\C(=O)OCCCCCCCCCCCCCCCCCCCCC. The second-order valence-corrected chi connectivity index (χ2v) is 15.4. The number of unbranched alkanes of at least 4 members (excludes halogenated alkanes) is 36. The van der Waals surface area contributed by atoms with Crippen molar-refractivity contribution in [2.45, 2.75) is 258 Å². The molecular formula is C46H88O4. The Balaban J connectivity index is 3.30. The molecule has 0 saturated carbocycles. The van der Waals surface area contributed by atoms with Crippen molar-refractivity contribution < 1.29 is 19.1 Å². The van der Waals surface area contributed by atoms with Crippen LogP contribution >= 0.6 is 0 Å². The summed E-state index contributed by atoms with van der Waals surface area (Å²) >= 11 is 0. The van der Waals surface area contributed by atoms with E-state index >= 15 is 0 Å². The molecule has 0 spiro atoms. The number of esters is 2. The summed E-state index contributed by atoms with van der Waals surface area (Å²) in [7, 11) is 0. The van der Waals surface area contributed by atoms with E-state index < -0.39 is 11.9 Å². The second-order valence-electron chi connectivity index (χ2n) is 15.4. The van der Waals surface area contributed by atoms with E-state index in [2.05, 4.69) is 13.8 Å². The van der Waals surface area contributed by atoms with Crippen molar-refractivity contribution in [1.82, 2.24) is 0 Å². The molecule has 0 saturated heterocycles. The molecule has 296 valence electrons. The largest absolute Gasteiger partial charge is 0.463 e.